The number of hydrogen-bond donors (Lipinski definition) is 2. The molecule has 0 aliphatic rings. The maximum Gasteiger partial charge on any atom is 0.319 e. The molecule has 0 saturated heterocycles. The summed E-state index contributed by atoms with van der Waals surface area (Å²) >= 11 is 0. The largest absolute Gasteiger partial charge is 0.336 e. The van der Waals surface area contributed by atoms with E-state index in [-0.39, 0.29) is 12.1 Å². The molecule has 0 aliphatic heterocycles. The van der Waals surface area contributed by atoms with Gasteiger partial charge >= 0.3 is 6.03 Å². The van der Waals surface area contributed by atoms with Crippen LogP contribution in [0, 0.1) is 6.92 Å². The van der Waals surface area contributed by atoms with E-state index in [4.69, 9.17) is 4.98 Å². The molecule has 2 heterocycles. The molecule has 0 aliphatic carbocycles. The minimum absolute atomic E-state index is 0.0833. The Morgan fingerprint density at radius 1 is 1.17 bits per heavy atom. The van der Waals surface area contributed by atoms with Gasteiger partial charge in [0, 0.05) is 24.0 Å². The number of fused-ring (bicyclic) bond motifs is 1. The Hall–Kier alpha value is -2.82. The van der Waals surface area contributed by atoms with Crippen molar-refractivity contribution in [2.75, 3.05) is 5.32 Å². The van der Waals surface area contributed by atoms with E-state index in [1.54, 1.807) is 0 Å². The normalized spacial score (nSPS) is 11.0. The van der Waals surface area contributed by atoms with Crippen LogP contribution in [0.4, 0.5) is 10.5 Å². The number of aromatic nitrogens is 2. The second-order valence-electron chi connectivity index (χ2n) is 5.85. The lowest BCUT2D eigenvalue weighted by molar-refractivity contribution is 0.250. The molecular weight excluding hydrogens is 288 g/mol. The summed E-state index contributed by atoms with van der Waals surface area (Å²) in [6, 6.07) is 11.6. The lowest BCUT2D eigenvalue weighted by atomic mass is 10.1. The average molecular weight is 308 g/mol. The van der Waals surface area contributed by atoms with Gasteiger partial charge in [0.15, 0.2) is 0 Å². The number of para-hydroxylation sites is 1. The van der Waals surface area contributed by atoms with Gasteiger partial charge < -0.3 is 15.0 Å². The number of anilines is 1. The number of carbonyl (C=O) groups is 1. The first-order chi connectivity index (χ1) is 11.0. The van der Waals surface area contributed by atoms with Gasteiger partial charge in [0.1, 0.15) is 5.65 Å². The molecule has 5 heteroatoms. The predicted octanol–water partition coefficient (Wildman–Crippen LogP) is 3.84. The van der Waals surface area contributed by atoms with E-state index in [1.165, 1.54) is 0 Å². The smallest absolute Gasteiger partial charge is 0.319 e. The first-order valence-electron chi connectivity index (χ1n) is 7.66. The zero-order chi connectivity index (χ0) is 16.4. The molecule has 0 radical (unpaired) electrons. The topological polar surface area (TPSA) is 58.4 Å². The van der Waals surface area contributed by atoms with Gasteiger partial charge in [-0.1, -0.05) is 24.3 Å². The van der Waals surface area contributed by atoms with Crippen LogP contribution in [0.5, 0.6) is 0 Å². The highest BCUT2D eigenvalue weighted by molar-refractivity contribution is 5.94. The number of amides is 2. The van der Waals surface area contributed by atoms with Crippen LogP contribution in [-0.4, -0.2) is 21.5 Å². The molecule has 0 atom stereocenters. The molecule has 0 spiro atoms. The van der Waals surface area contributed by atoms with Gasteiger partial charge in [-0.3, -0.25) is 0 Å². The Balaban J connectivity index is 1.99. The summed E-state index contributed by atoms with van der Waals surface area (Å²) in [5.74, 6) is 0. The fourth-order valence-electron chi connectivity index (χ4n) is 2.52. The zero-order valence-electron chi connectivity index (χ0n) is 13.5. The number of carbonyl (C=O) groups excluding carboxylic acids is 1. The molecule has 0 unspecified atom stereocenters. The van der Waals surface area contributed by atoms with E-state index < -0.39 is 0 Å². The highest BCUT2D eigenvalue weighted by atomic mass is 16.2. The molecule has 1 aromatic carbocycles. The molecule has 3 aromatic rings. The Bertz CT molecular complexity index is 851. The van der Waals surface area contributed by atoms with Crippen molar-refractivity contribution >= 4 is 17.4 Å². The first kappa shape index (κ1) is 15.1. The van der Waals surface area contributed by atoms with Crippen LogP contribution in [-0.2, 0) is 0 Å². The highest BCUT2D eigenvalue weighted by Crippen LogP contribution is 2.27. The predicted molar refractivity (Wildman–Crippen MR) is 92.7 cm³/mol. The summed E-state index contributed by atoms with van der Waals surface area (Å²) < 4.78 is 2.00. The van der Waals surface area contributed by atoms with Crippen LogP contribution in [0.2, 0.25) is 0 Å². The second kappa shape index (κ2) is 6.12. The number of urea groups is 1. The summed E-state index contributed by atoms with van der Waals surface area (Å²) in [4.78, 5) is 16.7. The molecule has 0 fully saturated rings. The summed E-state index contributed by atoms with van der Waals surface area (Å²) in [5, 5.41) is 5.73. The highest BCUT2D eigenvalue weighted by Gasteiger charge is 2.12. The van der Waals surface area contributed by atoms with Crippen molar-refractivity contribution in [3.05, 3.63) is 54.4 Å². The lowest BCUT2D eigenvalue weighted by Crippen LogP contribution is -2.34. The summed E-state index contributed by atoms with van der Waals surface area (Å²) in [7, 11) is 0. The second-order valence-corrected chi connectivity index (χ2v) is 5.85. The third-order valence-corrected chi connectivity index (χ3v) is 3.55. The van der Waals surface area contributed by atoms with Crippen molar-refractivity contribution in [1.29, 1.82) is 0 Å². The number of pyridine rings is 1. The molecule has 118 valence electrons. The SMILES string of the molecule is Cc1cccn2cc(-c3ccccc3NC(=O)NC(C)C)nc12. The number of imidazole rings is 1. The van der Waals surface area contributed by atoms with Crippen LogP contribution < -0.4 is 10.6 Å². The van der Waals surface area contributed by atoms with Crippen LogP contribution in [0.1, 0.15) is 19.4 Å². The average Bonchev–Trinajstić information content (AvgIpc) is 2.92. The van der Waals surface area contributed by atoms with Crippen LogP contribution in [0.25, 0.3) is 16.9 Å². The molecule has 5 nitrogen and oxygen atoms in total. The summed E-state index contributed by atoms with van der Waals surface area (Å²) in [6.45, 7) is 5.89. The van der Waals surface area contributed by atoms with E-state index in [0.717, 1.165) is 28.2 Å². The number of rotatable bonds is 3. The molecule has 0 bridgehead atoms. The number of nitrogens with zero attached hydrogens (tertiary/aromatic N) is 2. The Labute approximate surface area is 135 Å². The van der Waals surface area contributed by atoms with Crippen molar-refractivity contribution in [2.24, 2.45) is 0 Å². The maximum absolute atomic E-state index is 12.0. The zero-order valence-corrected chi connectivity index (χ0v) is 13.5. The van der Waals surface area contributed by atoms with Crippen LogP contribution in [0.3, 0.4) is 0 Å². The van der Waals surface area contributed by atoms with Crippen LogP contribution >= 0.6 is 0 Å². The number of aryl methyl sites for hydroxylation is 1. The maximum atomic E-state index is 12.0. The monoisotopic (exact) mass is 308 g/mol. The fourth-order valence-corrected chi connectivity index (χ4v) is 2.52. The third-order valence-electron chi connectivity index (χ3n) is 3.55. The Morgan fingerprint density at radius 3 is 2.70 bits per heavy atom. The summed E-state index contributed by atoms with van der Waals surface area (Å²) in [5.41, 5.74) is 4.51. The first-order valence-corrected chi connectivity index (χ1v) is 7.66. The van der Waals surface area contributed by atoms with Crippen molar-refractivity contribution < 1.29 is 4.79 Å². The van der Waals surface area contributed by atoms with E-state index in [1.807, 2.05) is 74.0 Å². The number of nitrogens with one attached hydrogen (secondary N) is 2. The van der Waals surface area contributed by atoms with Crippen LogP contribution in [0.15, 0.2) is 48.8 Å². The quantitative estimate of drug-likeness (QED) is 0.772. The fraction of sp³-hybridized carbons (Fsp3) is 0.222. The minimum atomic E-state index is -0.215. The molecule has 2 N–H and O–H groups in total. The van der Waals surface area contributed by atoms with Gasteiger partial charge in [0.05, 0.1) is 11.4 Å². The summed E-state index contributed by atoms with van der Waals surface area (Å²) in [6.07, 6.45) is 3.95. The van der Waals surface area contributed by atoms with Crippen molar-refractivity contribution in [3.63, 3.8) is 0 Å². The lowest BCUT2D eigenvalue weighted by Gasteiger charge is -2.12. The molecular formula is C18H20N4O. The van der Waals surface area contributed by atoms with E-state index in [9.17, 15) is 4.79 Å². The van der Waals surface area contributed by atoms with Gasteiger partial charge in [0.25, 0.3) is 0 Å². The van der Waals surface area contributed by atoms with Gasteiger partial charge in [-0.15, -0.1) is 0 Å². The van der Waals surface area contributed by atoms with Gasteiger partial charge in [-0.05, 0) is 38.5 Å². The number of hydrogen-bond acceptors (Lipinski definition) is 2. The molecule has 2 amide bonds. The van der Waals surface area contributed by atoms with Crippen molar-refractivity contribution in [1.82, 2.24) is 14.7 Å². The van der Waals surface area contributed by atoms with Crippen molar-refractivity contribution in [2.45, 2.75) is 26.8 Å². The van der Waals surface area contributed by atoms with Gasteiger partial charge in [0.2, 0.25) is 0 Å². The molecule has 3 rings (SSSR count). The van der Waals surface area contributed by atoms with E-state index in [2.05, 4.69) is 10.6 Å². The van der Waals surface area contributed by atoms with E-state index in [0.29, 0.717) is 0 Å². The van der Waals surface area contributed by atoms with Gasteiger partial charge in [-0.25, -0.2) is 9.78 Å². The molecule has 0 saturated carbocycles. The Kier molecular flexibility index (Phi) is 4.02. The standard InChI is InChI=1S/C18H20N4O/c1-12(2)19-18(23)21-15-9-5-4-8-14(15)16-11-22-10-6-7-13(3)17(22)20-16/h4-12H,1-3H3,(H2,19,21,23). The Morgan fingerprint density at radius 2 is 1.96 bits per heavy atom. The number of benzene rings is 1. The molecule has 2 aromatic heterocycles. The molecule has 23 heavy (non-hydrogen) atoms. The third kappa shape index (κ3) is 3.18. The van der Waals surface area contributed by atoms with Gasteiger partial charge in [-0.2, -0.15) is 0 Å². The minimum Gasteiger partial charge on any atom is -0.336 e. The van der Waals surface area contributed by atoms with E-state index >= 15 is 0 Å². The van der Waals surface area contributed by atoms with Crippen molar-refractivity contribution in [3.8, 4) is 11.3 Å².